The van der Waals surface area contributed by atoms with Crippen LogP contribution in [0.25, 0.3) is 11.3 Å². The van der Waals surface area contributed by atoms with Crippen LogP contribution in [-0.4, -0.2) is 33.5 Å². The molecule has 0 bridgehead atoms. The van der Waals surface area contributed by atoms with Crippen LogP contribution in [0, 0.1) is 16.0 Å². The van der Waals surface area contributed by atoms with Gasteiger partial charge in [-0.15, -0.1) is 5.10 Å². The van der Waals surface area contributed by atoms with Crippen molar-refractivity contribution in [2.75, 3.05) is 23.3 Å². The molecule has 1 saturated heterocycles. The molecule has 0 saturated carbocycles. The lowest BCUT2D eigenvalue weighted by molar-refractivity contribution is -0.384. The average molecular weight is 477 g/mol. The van der Waals surface area contributed by atoms with E-state index in [9.17, 15) is 28.1 Å². The van der Waals surface area contributed by atoms with Crippen molar-refractivity contribution >= 4 is 34.5 Å². The second-order valence-corrected chi connectivity index (χ2v) is 8.19. The van der Waals surface area contributed by atoms with Gasteiger partial charge in [0.15, 0.2) is 0 Å². The molecule has 0 spiro atoms. The van der Waals surface area contributed by atoms with Crippen LogP contribution in [0.2, 0.25) is 0 Å². The summed E-state index contributed by atoms with van der Waals surface area (Å²) in [5, 5.41) is 20.0. The molecule has 2 aromatic carbocycles. The Morgan fingerprint density at radius 1 is 1.15 bits per heavy atom. The van der Waals surface area contributed by atoms with E-state index in [0.717, 1.165) is 23.4 Å². The maximum absolute atomic E-state index is 12.9. The molecule has 1 aromatic heterocycles. The smallest absolute Gasteiger partial charge is 0.366 e. The van der Waals surface area contributed by atoms with Crippen molar-refractivity contribution in [2.45, 2.75) is 19.0 Å². The molecule has 4 rings (SSSR count). The first-order chi connectivity index (χ1) is 15.7. The largest absolute Gasteiger partial charge is 0.416 e. The second-order valence-electron chi connectivity index (χ2n) is 7.58. The van der Waals surface area contributed by atoms with Crippen LogP contribution in [-0.2, 0) is 11.0 Å². The first kappa shape index (κ1) is 22.6. The third kappa shape index (κ3) is 5.11. The normalized spacial score (nSPS) is 14.8. The number of nitro benzene ring substituents is 1. The van der Waals surface area contributed by atoms with Gasteiger partial charge in [0.25, 0.3) is 5.69 Å². The SMILES string of the molecule is O=C(Nc1ccc(-c2csnn2)cc1)C1CCN(c2ccc(C(F)(F)F)cc2[N+](=O)[O-])CC1. The Labute approximate surface area is 190 Å². The van der Waals surface area contributed by atoms with E-state index in [1.165, 1.54) is 11.5 Å². The number of piperidine rings is 1. The Kier molecular flexibility index (Phi) is 6.27. The molecule has 8 nitrogen and oxygen atoms in total. The van der Waals surface area contributed by atoms with Crippen molar-refractivity contribution in [3.05, 3.63) is 63.5 Å². The first-order valence-corrected chi connectivity index (χ1v) is 10.8. The van der Waals surface area contributed by atoms with E-state index in [0.29, 0.717) is 37.7 Å². The van der Waals surface area contributed by atoms with Gasteiger partial charge in [-0.25, -0.2) is 0 Å². The fourth-order valence-electron chi connectivity index (χ4n) is 3.76. The molecule has 0 unspecified atom stereocenters. The fourth-order valence-corrected chi connectivity index (χ4v) is 4.22. The average Bonchev–Trinajstić information content (AvgIpc) is 3.33. The van der Waals surface area contributed by atoms with E-state index in [1.54, 1.807) is 17.0 Å². The van der Waals surface area contributed by atoms with Crippen molar-refractivity contribution in [3.8, 4) is 11.3 Å². The number of hydrogen-bond acceptors (Lipinski definition) is 7. The van der Waals surface area contributed by atoms with Crippen LogP contribution >= 0.6 is 11.5 Å². The summed E-state index contributed by atoms with van der Waals surface area (Å²) < 4.78 is 42.6. The molecule has 2 heterocycles. The number of carbonyl (C=O) groups is 1. The Morgan fingerprint density at radius 3 is 2.42 bits per heavy atom. The number of benzene rings is 2. The van der Waals surface area contributed by atoms with Gasteiger partial charge >= 0.3 is 6.18 Å². The molecule has 3 aromatic rings. The number of aromatic nitrogens is 2. The van der Waals surface area contributed by atoms with E-state index < -0.39 is 22.4 Å². The molecule has 1 aliphatic rings. The summed E-state index contributed by atoms with van der Waals surface area (Å²) >= 11 is 1.25. The third-order valence-corrected chi connectivity index (χ3v) is 6.02. The quantitative estimate of drug-likeness (QED) is 0.411. The summed E-state index contributed by atoms with van der Waals surface area (Å²) in [5.41, 5.74) is 0.731. The van der Waals surface area contributed by atoms with Crippen LogP contribution in [0.3, 0.4) is 0 Å². The van der Waals surface area contributed by atoms with Gasteiger partial charge < -0.3 is 10.2 Å². The maximum atomic E-state index is 12.9. The molecular weight excluding hydrogens is 459 g/mol. The molecule has 1 aliphatic heterocycles. The monoisotopic (exact) mass is 477 g/mol. The Morgan fingerprint density at radius 2 is 1.85 bits per heavy atom. The number of halogens is 3. The number of carbonyl (C=O) groups excluding carboxylic acids is 1. The zero-order valence-electron chi connectivity index (χ0n) is 17.1. The highest BCUT2D eigenvalue weighted by Gasteiger charge is 2.35. The Bertz CT molecular complexity index is 1140. The summed E-state index contributed by atoms with van der Waals surface area (Å²) in [6.07, 6.45) is -3.82. The summed E-state index contributed by atoms with van der Waals surface area (Å²) in [6, 6.07) is 9.73. The van der Waals surface area contributed by atoms with Gasteiger partial charge in [0, 0.05) is 41.7 Å². The minimum atomic E-state index is -4.66. The van der Waals surface area contributed by atoms with Gasteiger partial charge in [0.1, 0.15) is 11.4 Å². The van der Waals surface area contributed by atoms with Crippen molar-refractivity contribution in [2.24, 2.45) is 5.92 Å². The topological polar surface area (TPSA) is 101 Å². The zero-order valence-corrected chi connectivity index (χ0v) is 17.9. The lowest BCUT2D eigenvalue weighted by atomic mass is 9.95. The fraction of sp³-hybridized carbons (Fsp3) is 0.286. The number of nitrogens with zero attached hydrogens (tertiary/aromatic N) is 4. The lowest BCUT2D eigenvalue weighted by Gasteiger charge is -2.32. The Hall–Kier alpha value is -3.54. The predicted molar refractivity (Wildman–Crippen MR) is 117 cm³/mol. The highest BCUT2D eigenvalue weighted by Crippen LogP contribution is 2.37. The highest BCUT2D eigenvalue weighted by atomic mass is 32.1. The third-order valence-electron chi connectivity index (χ3n) is 5.51. The van der Waals surface area contributed by atoms with E-state index in [2.05, 4.69) is 14.9 Å². The summed E-state index contributed by atoms with van der Waals surface area (Å²) in [4.78, 5) is 24.9. The van der Waals surface area contributed by atoms with Crippen LogP contribution in [0.5, 0.6) is 0 Å². The van der Waals surface area contributed by atoms with Crippen molar-refractivity contribution in [3.63, 3.8) is 0 Å². The number of amides is 1. The molecule has 12 heteroatoms. The van der Waals surface area contributed by atoms with Gasteiger partial charge in [0.05, 0.1) is 10.5 Å². The van der Waals surface area contributed by atoms with Crippen LogP contribution in [0.15, 0.2) is 47.8 Å². The van der Waals surface area contributed by atoms with Crippen molar-refractivity contribution < 1.29 is 22.9 Å². The van der Waals surface area contributed by atoms with E-state index in [4.69, 9.17) is 0 Å². The highest BCUT2D eigenvalue weighted by molar-refractivity contribution is 7.03. The van der Waals surface area contributed by atoms with Crippen LogP contribution < -0.4 is 10.2 Å². The van der Waals surface area contributed by atoms with Gasteiger partial charge in [-0.05, 0) is 48.6 Å². The molecule has 1 amide bonds. The number of hydrogen-bond donors (Lipinski definition) is 1. The zero-order chi connectivity index (χ0) is 23.6. The molecular formula is C21H18F3N5O3S. The number of rotatable bonds is 5. The molecule has 172 valence electrons. The summed E-state index contributed by atoms with van der Waals surface area (Å²) in [7, 11) is 0. The first-order valence-electron chi connectivity index (χ1n) is 10.0. The van der Waals surface area contributed by atoms with E-state index in [-0.39, 0.29) is 17.5 Å². The number of nitrogens with one attached hydrogen (secondary N) is 1. The van der Waals surface area contributed by atoms with Crippen LogP contribution in [0.4, 0.5) is 30.2 Å². The minimum Gasteiger partial charge on any atom is -0.366 e. The van der Waals surface area contributed by atoms with Crippen LogP contribution in [0.1, 0.15) is 18.4 Å². The number of nitro groups is 1. The molecule has 0 atom stereocenters. The summed E-state index contributed by atoms with van der Waals surface area (Å²) in [5.74, 6) is -0.475. The van der Waals surface area contributed by atoms with E-state index in [1.807, 2.05) is 17.5 Å². The van der Waals surface area contributed by atoms with Gasteiger partial charge in [0.2, 0.25) is 5.91 Å². The summed E-state index contributed by atoms with van der Waals surface area (Å²) in [6.45, 7) is 0.639. The van der Waals surface area contributed by atoms with Crippen molar-refractivity contribution in [1.82, 2.24) is 9.59 Å². The molecule has 0 aliphatic carbocycles. The van der Waals surface area contributed by atoms with Gasteiger partial charge in [-0.1, -0.05) is 16.6 Å². The maximum Gasteiger partial charge on any atom is 0.416 e. The number of alkyl halides is 3. The second kappa shape index (κ2) is 9.14. The van der Waals surface area contributed by atoms with Gasteiger partial charge in [-0.3, -0.25) is 14.9 Å². The predicted octanol–water partition coefficient (Wildman–Crippen LogP) is 4.99. The van der Waals surface area contributed by atoms with E-state index >= 15 is 0 Å². The van der Waals surface area contributed by atoms with Gasteiger partial charge in [-0.2, -0.15) is 13.2 Å². The molecule has 1 fully saturated rings. The lowest BCUT2D eigenvalue weighted by Crippen LogP contribution is -2.38. The molecule has 33 heavy (non-hydrogen) atoms. The standard InChI is InChI=1S/C21H18F3N5O3S/c22-21(23,24)15-3-6-18(19(11-15)29(31)32)28-9-7-14(8-10-28)20(30)25-16-4-1-13(2-5-16)17-12-33-27-26-17/h1-6,11-12,14H,7-10H2,(H,25,30). The number of anilines is 2. The molecule has 1 N–H and O–H groups in total. The van der Waals surface area contributed by atoms with Crippen molar-refractivity contribution in [1.29, 1.82) is 0 Å². The molecule has 0 radical (unpaired) electrons. The minimum absolute atomic E-state index is 0.124. The Balaban J connectivity index is 1.38.